The molecule has 134 valence electrons. The van der Waals surface area contributed by atoms with Crippen LogP contribution in [0.1, 0.15) is 21.5 Å². The molecular formula is C17H19ClN2O3S2. The van der Waals surface area contributed by atoms with Gasteiger partial charge in [0.2, 0.25) is 0 Å². The van der Waals surface area contributed by atoms with Crippen molar-refractivity contribution in [2.24, 2.45) is 0 Å². The Labute approximate surface area is 156 Å². The molecule has 0 unspecified atom stereocenters. The Balaban J connectivity index is 1.71. The summed E-state index contributed by atoms with van der Waals surface area (Å²) < 4.78 is 27.3. The maximum absolute atomic E-state index is 12.7. The second kappa shape index (κ2) is 7.07. The number of hydrogen-bond donors (Lipinski definition) is 0. The summed E-state index contributed by atoms with van der Waals surface area (Å²) >= 11 is 6.90. The standard InChI is InChI=1S/C17H19ClN2O3S2/c1-12-3-4-13(2)14(11-12)17(21)19-7-9-20(10-8-19)25(22,23)16-6-5-15(18)24-16/h3-6,11H,7-10H2,1-2H3. The number of nitrogens with zero attached hydrogens (tertiary/aromatic N) is 2. The van der Waals surface area contributed by atoms with Gasteiger partial charge < -0.3 is 4.90 Å². The first kappa shape index (κ1) is 18.4. The highest BCUT2D eigenvalue weighted by atomic mass is 35.5. The number of carbonyl (C=O) groups excluding carboxylic acids is 1. The largest absolute Gasteiger partial charge is 0.336 e. The molecule has 5 nitrogen and oxygen atoms in total. The SMILES string of the molecule is Cc1ccc(C)c(C(=O)N2CCN(S(=O)(=O)c3ccc(Cl)s3)CC2)c1. The molecule has 3 rings (SSSR count). The zero-order chi connectivity index (χ0) is 18.2. The lowest BCUT2D eigenvalue weighted by Crippen LogP contribution is -2.50. The van der Waals surface area contributed by atoms with Crippen molar-refractivity contribution in [2.75, 3.05) is 26.2 Å². The maximum Gasteiger partial charge on any atom is 0.254 e. The van der Waals surface area contributed by atoms with Gasteiger partial charge >= 0.3 is 0 Å². The summed E-state index contributed by atoms with van der Waals surface area (Å²) in [6.45, 7) is 5.19. The molecular weight excluding hydrogens is 380 g/mol. The predicted octanol–water partition coefficient (Wildman–Crippen LogP) is 3.17. The van der Waals surface area contributed by atoms with E-state index in [-0.39, 0.29) is 23.2 Å². The van der Waals surface area contributed by atoms with Crippen LogP contribution in [0.3, 0.4) is 0 Å². The van der Waals surface area contributed by atoms with E-state index in [0.717, 1.165) is 22.5 Å². The molecule has 0 aliphatic carbocycles. The van der Waals surface area contributed by atoms with Crippen molar-refractivity contribution in [2.45, 2.75) is 18.1 Å². The Morgan fingerprint density at radius 1 is 1.08 bits per heavy atom. The summed E-state index contributed by atoms with van der Waals surface area (Å²) in [5, 5.41) is 0. The van der Waals surface area contributed by atoms with Crippen LogP contribution in [0.5, 0.6) is 0 Å². The lowest BCUT2D eigenvalue weighted by atomic mass is 10.0. The minimum atomic E-state index is -3.54. The first-order valence-electron chi connectivity index (χ1n) is 7.91. The molecule has 8 heteroatoms. The average molecular weight is 399 g/mol. The summed E-state index contributed by atoms with van der Waals surface area (Å²) in [6.07, 6.45) is 0. The minimum Gasteiger partial charge on any atom is -0.336 e. The number of halogens is 1. The molecule has 1 fully saturated rings. The molecule has 0 saturated carbocycles. The second-order valence-electron chi connectivity index (χ2n) is 6.07. The fraction of sp³-hybridized carbons (Fsp3) is 0.353. The van der Waals surface area contributed by atoms with Gasteiger partial charge in [0.05, 0.1) is 4.34 Å². The summed E-state index contributed by atoms with van der Waals surface area (Å²) in [5.41, 5.74) is 2.64. The van der Waals surface area contributed by atoms with Crippen molar-refractivity contribution in [3.05, 3.63) is 51.4 Å². The second-order valence-corrected chi connectivity index (χ2v) is 9.95. The Morgan fingerprint density at radius 2 is 1.76 bits per heavy atom. The first-order chi connectivity index (χ1) is 11.8. The van der Waals surface area contributed by atoms with E-state index in [0.29, 0.717) is 23.0 Å². The highest BCUT2D eigenvalue weighted by Gasteiger charge is 2.31. The maximum atomic E-state index is 12.7. The molecule has 1 aromatic carbocycles. The van der Waals surface area contributed by atoms with E-state index in [2.05, 4.69) is 0 Å². The molecule has 2 aromatic rings. The molecule has 0 bridgehead atoms. The number of rotatable bonds is 3. The van der Waals surface area contributed by atoms with Crippen LogP contribution in [0.15, 0.2) is 34.5 Å². The molecule has 1 saturated heterocycles. The topological polar surface area (TPSA) is 57.7 Å². The van der Waals surface area contributed by atoms with Crippen LogP contribution >= 0.6 is 22.9 Å². The van der Waals surface area contributed by atoms with Crippen molar-refractivity contribution in [1.82, 2.24) is 9.21 Å². The van der Waals surface area contributed by atoms with Crippen LogP contribution < -0.4 is 0 Å². The molecule has 2 heterocycles. The van der Waals surface area contributed by atoms with Crippen molar-refractivity contribution < 1.29 is 13.2 Å². The number of piperazine rings is 1. The Morgan fingerprint density at radius 3 is 2.36 bits per heavy atom. The molecule has 0 radical (unpaired) electrons. The van der Waals surface area contributed by atoms with E-state index in [1.54, 1.807) is 11.0 Å². The monoisotopic (exact) mass is 398 g/mol. The highest BCUT2D eigenvalue weighted by molar-refractivity contribution is 7.91. The average Bonchev–Trinajstić information content (AvgIpc) is 3.04. The van der Waals surface area contributed by atoms with E-state index >= 15 is 0 Å². The molecule has 25 heavy (non-hydrogen) atoms. The van der Waals surface area contributed by atoms with Crippen molar-refractivity contribution in [1.29, 1.82) is 0 Å². The quantitative estimate of drug-likeness (QED) is 0.797. The molecule has 1 aromatic heterocycles. The van der Waals surface area contributed by atoms with Gasteiger partial charge in [-0.2, -0.15) is 4.31 Å². The van der Waals surface area contributed by atoms with Crippen molar-refractivity contribution >= 4 is 38.9 Å². The van der Waals surface area contributed by atoms with E-state index in [9.17, 15) is 13.2 Å². The molecule has 0 atom stereocenters. The van der Waals surface area contributed by atoms with E-state index in [4.69, 9.17) is 11.6 Å². The number of aryl methyl sites for hydroxylation is 2. The van der Waals surface area contributed by atoms with Crippen LogP contribution in [-0.4, -0.2) is 49.7 Å². The third-order valence-corrected chi connectivity index (χ3v) is 7.89. The number of sulfonamides is 1. The number of hydrogen-bond acceptors (Lipinski definition) is 4. The van der Waals surface area contributed by atoms with E-state index < -0.39 is 10.0 Å². The van der Waals surface area contributed by atoms with Gasteiger partial charge in [-0.25, -0.2) is 8.42 Å². The molecule has 0 spiro atoms. The highest BCUT2D eigenvalue weighted by Crippen LogP contribution is 2.28. The van der Waals surface area contributed by atoms with Crippen LogP contribution in [0.25, 0.3) is 0 Å². The third-order valence-electron chi connectivity index (χ3n) is 4.29. The normalized spacial score (nSPS) is 16.2. The minimum absolute atomic E-state index is 0.0441. The smallest absolute Gasteiger partial charge is 0.254 e. The first-order valence-corrected chi connectivity index (χ1v) is 10.5. The zero-order valence-electron chi connectivity index (χ0n) is 14.0. The van der Waals surface area contributed by atoms with Gasteiger partial charge in [0.1, 0.15) is 4.21 Å². The van der Waals surface area contributed by atoms with Gasteiger partial charge in [-0.15, -0.1) is 11.3 Å². The number of amides is 1. The predicted molar refractivity (Wildman–Crippen MR) is 99.9 cm³/mol. The van der Waals surface area contributed by atoms with Crippen LogP contribution in [0, 0.1) is 13.8 Å². The lowest BCUT2D eigenvalue weighted by molar-refractivity contribution is 0.0697. The molecule has 1 aliphatic heterocycles. The van der Waals surface area contributed by atoms with Gasteiger partial charge in [0.15, 0.2) is 0 Å². The Kier molecular flexibility index (Phi) is 5.20. The number of thiophene rings is 1. The number of benzene rings is 1. The molecule has 0 N–H and O–H groups in total. The fourth-order valence-electron chi connectivity index (χ4n) is 2.83. The van der Waals surface area contributed by atoms with Crippen molar-refractivity contribution in [3.8, 4) is 0 Å². The van der Waals surface area contributed by atoms with Gasteiger partial charge in [0.25, 0.3) is 15.9 Å². The Hall–Kier alpha value is -1.41. The third kappa shape index (κ3) is 3.74. The van der Waals surface area contributed by atoms with Gasteiger partial charge in [0, 0.05) is 31.7 Å². The van der Waals surface area contributed by atoms with Crippen LogP contribution in [-0.2, 0) is 10.0 Å². The summed E-state index contributed by atoms with van der Waals surface area (Å²) in [5.74, 6) is -0.0441. The number of carbonyl (C=O) groups is 1. The molecule has 1 aliphatic rings. The zero-order valence-corrected chi connectivity index (χ0v) is 16.4. The van der Waals surface area contributed by atoms with Gasteiger partial charge in [-0.1, -0.05) is 29.3 Å². The summed E-state index contributed by atoms with van der Waals surface area (Å²) in [6, 6.07) is 8.90. The van der Waals surface area contributed by atoms with Crippen LogP contribution in [0.2, 0.25) is 4.34 Å². The van der Waals surface area contributed by atoms with E-state index in [1.807, 2.05) is 32.0 Å². The van der Waals surface area contributed by atoms with Crippen LogP contribution in [0.4, 0.5) is 0 Å². The molecule has 1 amide bonds. The van der Waals surface area contributed by atoms with E-state index in [1.165, 1.54) is 10.4 Å². The van der Waals surface area contributed by atoms with Gasteiger partial charge in [-0.05, 0) is 37.6 Å². The van der Waals surface area contributed by atoms with Gasteiger partial charge in [-0.3, -0.25) is 4.79 Å². The van der Waals surface area contributed by atoms with Crippen molar-refractivity contribution in [3.63, 3.8) is 0 Å². The Bertz CT molecular complexity index is 900. The lowest BCUT2D eigenvalue weighted by Gasteiger charge is -2.34. The fourth-order valence-corrected chi connectivity index (χ4v) is 5.89. The summed E-state index contributed by atoms with van der Waals surface area (Å²) in [4.78, 5) is 14.5. The summed E-state index contributed by atoms with van der Waals surface area (Å²) in [7, 11) is -3.54.